The molecule has 0 aliphatic carbocycles. The van der Waals surface area contributed by atoms with E-state index in [4.69, 9.17) is 16.3 Å². The van der Waals surface area contributed by atoms with Crippen molar-refractivity contribution in [3.8, 4) is 11.4 Å². The van der Waals surface area contributed by atoms with Gasteiger partial charge in [0.05, 0.1) is 6.61 Å². The maximum absolute atomic E-state index is 6.09. The fourth-order valence-corrected chi connectivity index (χ4v) is 2.68. The molecule has 2 aromatic carbocycles. The molecule has 0 spiro atoms. The number of rotatable bonds is 7. The van der Waals surface area contributed by atoms with Gasteiger partial charge in [0.1, 0.15) is 5.82 Å². The molecular weight excluding hydrogens is 348 g/mol. The number of anilines is 2. The third-order valence-corrected chi connectivity index (χ3v) is 4.12. The summed E-state index contributed by atoms with van der Waals surface area (Å²) in [5.74, 6) is 1.87. The van der Waals surface area contributed by atoms with Gasteiger partial charge in [-0.05, 0) is 36.2 Å². The van der Waals surface area contributed by atoms with Crippen LogP contribution < -0.4 is 5.32 Å². The fourth-order valence-electron chi connectivity index (χ4n) is 2.49. The Bertz CT molecular complexity index is 868. The lowest BCUT2D eigenvalue weighted by atomic mass is 10.1. The number of benzene rings is 2. The molecule has 0 aliphatic rings. The van der Waals surface area contributed by atoms with E-state index in [9.17, 15) is 0 Å². The number of aryl methyl sites for hydroxylation is 1. The second kappa shape index (κ2) is 8.74. The van der Waals surface area contributed by atoms with Gasteiger partial charge < -0.3 is 10.1 Å². The van der Waals surface area contributed by atoms with E-state index in [1.807, 2.05) is 43.3 Å². The van der Waals surface area contributed by atoms with Gasteiger partial charge in [0.2, 0.25) is 5.95 Å². The highest BCUT2D eigenvalue weighted by atomic mass is 35.5. The van der Waals surface area contributed by atoms with Gasteiger partial charge in [0.25, 0.3) is 0 Å². The molecule has 1 heterocycles. The number of methoxy groups -OCH3 is 1. The van der Waals surface area contributed by atoms with Crippen LogP contribution in [0, 0.1) is 0 Å². The Morgan fingerprint density at radius 1 is 1.04 bits per heavy atom. The average Bonchev–Trinajstić information content (AvgIpc) is 2.67. The molecule has 0 saturated heterocycles. The maximum Gasteiger partial charge on any atom is 0.231 e. The van der Waals surface area contributed by atoms with Crippen molar-refractivity contribution in [1.29, 1.82) is 0 Å². The molecule has 26 heavy (non-hydrogen) atoms. The van der Waals surface area contributed by atoms with Crippen LogP contribution in [0.25, 0.3) is 11.4 Å². The highest BCUT2D eigenvalue weighted by Crippen LogP contribution is 2.22. The Kier molecular flexibility index (Phi) is 6.15. The van der Waals surface area contributed by atoms with Crippen LogP contribution in [-0.4, -0.2) is 28.7 Å². The number of ether oxygens (including phenoxy) is 1. The molecule has 5 nitrogen and oxygen atoms in total. The molecule has 0 radical (unpaired) electrons. The van der Waals surface area contributed by atoms with E-state index in [0.717, 1.165) is 29.9 Å². The molecule has 1 N–H and O–H groups in total. The Morgan fingerprint density at radius 2 is 1.85 bits per heavy atom. The van der Waals surface area contributed by atoms with Crippen molar-refractivity contribution in [2.75, 3.05) is 19.0 Å². The van der Waals surface area contributed by atoms with Crippen molar-refractivity contribution in [2.45, 2.75) is 19.8 Å². The highest BCUT2D eigenvalue weighted by Gasteiger charge is 2.09. The van der Waals surface area contributed by atoms with E-state index < -0.39 is 0 Å². The third kappa shape index (κ3) is 4.77. The van der Waals surface area contributed by atoms with Gasteiger partial charge >= 0.3 is 0 Å². The van der Waals surface area contributed by atoms with Crippen molar-refractivity contribution in [3.05, 3.63) is 64.9 Å². The van der Waals surface area contributed by atoms with Gasteiger partial charge in [-0.15, -0.1) is 0 Å². The molecule has 6 heteroatoms. The van der Waals surface area contributed by atoms with Gasteiger partial charge in [0, 0.05) is 29.8 Å². The molecule has 0 saturated carbocycles. The van der Waals surface area contributed by atoms with E-state index in [1.165, 1.54) is 5.56 Å². The molecule has 3 rings (SSSR count). The van der Waals surface area contributed by atoms with Crippen LogP contribution in [0.15, 0.2) is 48.5 Å². The first-order valence-electron chi connectivity index (χ1n) is 8.53. The predicted octanol–water partition coefficient (Wildman–Crippen LogP) is 4.69. The first kappa shape index (κ1) is 18.3. The van der Waals surface area contributed by atoms with E-state index in [0.29, 0.717) is 23.4 Å². The first-order chi connectivity index (χ1) is 12.7. The number of nitrogens with zero attached hydrogens (tertiary/aromatic N) is 3. The minimum Gasteiger partial charge on any atom is -0.384 e. The zero-order valence-corrected chi connectivity index (χ0v) is 15.6. The molecule has 0 unspecified atom stereocenters. The van der Waals surface area contributed by atoms with Crippen molar-refractivity contribution < 1.29 is 4.74 Å². The normalized spacial score (nSPS) is 10.7. The van der Waals surface area contributed by atoms with Crippen LogP contribution in [0.2, 0.25) is 5.02 Å². The van der Waals surface area contributed by atoms with E-state index in [2.05, 4.69) is 32.4 Å². The summed E-state index contributed by atoms with van der Waals surface area (Å²) in [6, 6.07) is 15.7. The molecule has 0 fully saturated rings. The summed E-state index contributed by atoms with van der Waals surface area (Å²) in [7, 11) is 1.71. The number of nitrogens with one attached hydrogen (secondary N) is 1. The summed E-state index contributed by atoms with van der Waals surface area (Å²) in [5.41, 5.74) is 3.02. The smallest absolute Gasteiger partial charge is 0.231 e. The Labute approximate surface area is 158 Å². The van der Waals surface area contributed by atoms with Crippen LogP contribution in [-0.2, 0) is 17.6 Å². The standard InChI is InChI=1S/C20H21ClN4O/c1-3-18-23-19(15-5-4-6-16(21)13-15)25-20(24-18)22-17-9-7-14(8-10-17)11-12-26-2/h4-10,13H,3,11-12H2,1-2H3,(H,22,23,24,25). The summed E-state index contributed by atoms with van der Waals surface area (Å²) in [6.45, 7) is 2.73. The molecule has 0 bridgehead atoms. The van der Waals surface area contributed by atoms with Gasteiger partial charge in [-0.2, -0.15) is 9.97 Å². The molecule has 3 aromatic rings. The zero-order chi connectivity index (χ0) is 18.4. The highest BCUT2D eigenvalue weighted by molar-refractivity contribution is 6.30. The molecule has 0 atom stereocenters. The van der Waals surface area contributed by atoms with Gasteiger partial charge in [0.15, 0.2) is 5.82 Å². The van der Waals surface area contributed by atoms with Gasteiger partial charge in [-0.3, -0.25) is 0 Å². The van der Waals surface area contributed by atoms with Crippen LogP contribution in [0.1, 0.15) is 18.3 Å². The number of hydrogen-bond donors (Lipinski definition) is 1. The Morgan fingerprint density at radius 3 is 2.54 bits per heavy atom. The van der Waals surface area contributed by atoms with Crippen LogP contribution >= 0.6 is 11.6 Å². The second-order valence-electron chi connectivity index (χ2n) is 5.83. The van der Waals surface area contributed by atoms with Crippen LogP contribution in [0.4, 0.5) is 11.6 Å². The lowest BCUT2D eigenvalue weighted by Gasteiger charge is -2.09. The van der Waals surface area contributed by atoms with E-state index >= 15 is 0 Å². The van der Waals surface area contributed by atoms with Gasteiger partial charge in [-0.25, -0.2) is 4.98 Å². The summed E-state index contributed by atoms with van der Waals surface area (Å²) in [5, 5.41) is 3.91. The number of aromatic nitrogens is 3. The summed E-state index contributed by atoms with van der Waals surface area (Å²) in [6.07, 6.45) is 1.61. The van der Waals surface area contributed by atoms with Crippen molar-refractivity contribution >= 4 is 23.2 Å². The number of halogens is 1. The summed E-state index contributed by atoms with van der Waals surface area (Å²) < 4.78 is 5.11. The molecular formula is C20H21ClN4O. The SMILES string of the molecule is CCc1nc(Nc2ccc(CCOC)cc2)nc(-c2cccc(Cl)c2)n1. The Hall–Kier alpha value is -2.50. The van der Waals surface area contributed by atoms with Crippen LogP contribution in [0.5, 0.6) is 0 Å². The quantitative estimate of drug-likeness (QED) is 0.655. The fraction of sp³-hybridized carbons (Fsp3) is 0.250. The van der Waals surface area contributed by atoms with Crippen molar-refractivity contribution in [3.63, 3.8) is 0 Å². The summed E-state index contributed by atoms with van der Waals surface area (Å²) in [4.78, 5) is 13.5. The minimum absolute atomic E-state index is 0.525. The Balaban J connectivity index is 1.84. The van der Waals surface area contributed by atoms with Crippen LogP contribution in [0.3, 0.4) is 0 Å². The van der Waals surface area contributed by atoms with Crippen molar-refractivity contribution in [2.24, 2.45) is 0 Å². The lowest BCUT2D eigenvalue weighted by molar-refractivity contribution is 0.202. The third-order valence-electron chi connectivity index (χ3n) is 3.89. The molecule has 0 aliphatic heterocycles. The van der Waals surface area contributed by atoms with E-state index in [1.54, 1.807) is 7.11 Å². The maximum atomic E-state index is 6.09. The molecule has 1 aromatic heterocycles. The lowest BCUT2D eigenvalue weighted by Crippen LogP contribution is -2.05. The second-order valence-corrected chi connectivity index (χ2v) is 6.26. The first-order valence-corrected chi connectivity index (χ1v) is 8.91. The largest absolute Gasteiger partial charge is 0.384 e. The summed E-state index contributed by atoms with van der Waals surface area (Å²) >= 11 is 6.09. The van der Waals surface area contributed by atoms with Crippen molar-refractivity contribution in [1.82, 2.24) is 15.0 Å². The monoisotopic (exact) mass is 368 g/mol. The molecule has 0 amide bonds. The predicted molar refractivity (Wildman–Crippen MR) is 105 cm³/mol. The van der Waals surface area contributed by atoms with E-state index in [-0.39, 0.29) is 0 Å². The topological polar surface area (TPSA) is 59.9 Å². The average molecular weight is 369 g/mol. The molecule has 134 valence electrons. The number of hydrogen-bond acceptors (Lipinski definition) is 5. The zero-order valence-electron chi connectivity index (χ0n) is 14.9. The van der Waals surface area contributed by atoms with Gasteiger partial charge in [-0.1, -0.05) is 42.8 Å². The minimum atomic E-state index is 0.525.